The Balaban J connectivity index is 2.23. The predicted molar refractivity (Wildman–Crippen MR) is 77.8 cm³/mol. The van der Waals surface area contributed by atoms with Crippen LogP contribution in [-0.4, -0.2) is 31.1 Å². The van der Waals surface area contributed by atoms with E-state index in [-0.39, 0.29) is 5.56 Å². The van der Waals surface area contributed by atoms with Crippen LogP contribution < -0.4 is 5.32 Å². The Morgan fingerprint density at radius 2 is 2.15 bits per heavy atom. The first kappa shape index (κ1) is 15.0. The second-order valence-corrected chi connectivity index (χ2v) is 5.30. The van der Waals surface area contributed by atoms with Crippen LogP contribution in [0.2, 0.25) is 0 Å². The van der Waals surface area contributed by atoms with E-state index >= 15 is 0 Å². The molecule has 0 aliphatic carbocycles. The van der Waals surface area contributed by atoms with Crippen LogP contribution >= 0.6 is 0 Å². The molecule has 0 amide bonds. The Kier molecular flexibility index (Phi) is 5.51. The van der Waals surface area contributed by atoms with Gasteiger partial charge in [0.05, 0.1) is 5.56 Å². The summed E-state index contributed by atoms with van der Waals surface area (Å²) >= 11 is 0. The van der Waals surface area contributed by atoms with Gasteiger partial charge in [-0.25, -0.2) is 4.39 Å². The Hall–Kier alpha value is -1.44. The maximum atomic E-state index is 13.5. The number of hydrogen-bond acceptors (Lipinski definition) is 3. The molecule has 20 heavy (non-hydrogen) atoms. The number of benzene rings is 1. The van der Waals surface area contributed by atoms with Gasteiger partial charge in [0.25, 0.3) is 0 Å². The van der Waals surface area contributed by atoms with Crippen molar-refractivity contribution < 1.29 is 4.39 Å². The predicted octanol–water partition coefficient (Wildman–Crippen LogP) is 2.83. The third kappa shape index (κ3) is 3.56. The van der Waals surface area contributed by atoms with Crippen molar-refractivity contribution in [1.82, 2.24) is 10.2 Å². The van der Waals surface area contributed by atoms with Crippen molar-refractivity contribution in [3.05, 3.63) is 35.1 Å². The first-order valence-electron chi connectivity index (χ1n) is 7.40. The normalized spacial score (nSPS) is 17.6. The zero-order valence-corrected chi connectivity index (χ0v) is 12.0. The molecule has 0 radical (unpaired) electrons. The third-order valence-corrected chi connectivity index (χ3v) is 3.92. The van der Waals surface area contributed by atoms with Gasteiger partial charge in [0.1, 0.15) is 11.9 Å². The van der Waals surface area contributed by atoms with Gasteiger partial charge in [-0.1, -0.05) is 25.8 Å². The molecule has 1 heterocycles. The van der Waals surface area contributed by atoms with E-state index in [1.807, 2.05) is 12.1 Å². The van der Waals surface area contributed by atoms with Gasteiger partial charge in [-0.05, 0) is 24.1 Å². The third-order valence-electron chi connectivity index (χ3n) is 3.92. The molecule has 1 saturated heterocycles. The summed E-state index contributed by atoms with van der Waals surface area (Å²) in [7, 11) is 0. The molecule has 1 N–H and O–H groups in total. The van der Waals surface area contributed by atoms with Crippen molar-refractivity contribution in [1.29, 1.82) is 5.26 Å². The summed E-state index contributed by atoms with van der Waals surface area (Å²) in [4.78, 5) is 2.44. The highest BCUT2D eigenvalue weighted by Gasteiger charge is 2.22. The number of nitrogens with one attached hydrogen (secondary N) is 1. The highest BCUT2D eigenvalue weighted by molar-refractivity contribution is 5.35. The molecule has 1 atom stereocenters. The molecule has 1 aliphatic heterocycles. The van der Waals surface area contributed by atoms with Crippen LogP contribution in [0, 0.1) is 17.1 Å². The van der Waals surface area contributed by atoms with Gasteiger partial charge < -0.3 is 5.32 Å². The minimum Gasteiger partial charge on any atom is -0.314 e. The minimum atomic E-state index is -0.425. The molecule has 1 aliphatic rings. The number of rotatable bonds is 5. The highest BCUT2D eigenvalue weighted by Crippen LogP contribution is 2.28. The number of nitriles is 1. The van der Waals surface area contributed by atoms with Crippen LogP contribution in [0.1, 0.15) is 43.4 Å². The molecular formula is C16H22FN3. The SMILES string of the molecule is CCCC[C@H](c1ccc(F)c(C#N)c1)N1CCNCC1. The maximum Gasteiger partial charge on any atom is 0.140 e. The van der Waals surface area contributed by atoms with Gasteiger partial charge in [0.15, 0.2) is 0 Å². The lowest BCUT2D eigenvalue weighted by atomic mass is 9.97. The molecule has 4 heteroatoms. The van der Waals surface area contributed by atoms with E-state index in [0.29, 0.717) is 6.04 Å². The fraction of sp³-hybridized carbons (Fsp3) is 0.562. The van der Waals surface area contributed by atoms with Crippen LogP contribution in [0.4, 0.5) is 4.39 Å². The monoisotopic (exact) mass is 275 g/mol. The molecule has 1 fully saturated rings. The fourth-order valence-electron chi connectivity index (χ4n) is 2.79. The average Bonchev–Trinajstić information content (AvgIpc) is 2.50. The molecule has 1 aromatic carbocycles. The van der Waals surface area contributed by atoms with Crippen LogP contribution in [0.5, 0.6) is 0 Å². The molecule has 0 aromatic heterocycles. The van der Waals surface area contributed by atoms with Crippen LogP contribution in [0.25, 0.3) is 0 Å². The Labute approximate surface area is 120 Å². The standard InChI is InChI=1S/C16H22FN3/c1-2-3-4-16(20-9-7-19-8-10-20)13-5-6-15(17)14(11-13)12-18/h5-6,11,16,19H,2-4,7-10H2,1H3/t16-/m1/s1. The van der Waals surface area contributed by atoms with Gasteiger partial charge in [-0.3, -0.25) is 4.90 Å². The van der Waals surface area contributed by atoms with E-state index in [1.165, 1.54) is 6.07 Å². The summed E-state index contributed by atoms with van der Waals surface area (Å²) < 4.78 is 13.5. The van der Waals surface area contributed by atoms with Crippen molar-refractivity contribution in [2.45, 2.75) is 32.2 Å². The zero-order chi connectivity index (χ0) is 14.4. The van der Waals surface area contributed by atoms with Gasteiger partial charge in [0.2, 0.25) is 0 Å². The average molecular weight is 275 g/mol. The first-order chi connectivity index (χ1) is 9.76. The van der Waals surface area contributed by atoms with E-state index in [0.717, 1.165) is 51.0 Å². The van der Waals surface area contributed by atoms with Crippen molar-refractivity contribution in [3.63, 3.8) is 0 Å². The topological polar surface area (TPSA) is 39.1 Å². The largest absolute Gasteiger partial charge is 0.314 e. The van der Waals surface area contributed by atoms with E-state index in [2.05, 4.69) is 17.1 Å². The zero-order valence-electron chi connectivity index (χ0n) is 12.0. The number of nitrogens with zero attached hydrogens (tertiary/aromatic N) is 2. The summed E-state index contributed by atoms with van der Waals surface area (Å²) in [6, 6.07) is 7.22. The van der Waals surface area contributed by atoms with Crippen LogP contribution in [0.15, 0.2) is 18.2 Å². The number of halogens is 1. The summed E-state index contributed by atoms with van der Waals surface area (Å²) in [6.45, 7) is 6.19. The van der Waals surface area contributed by atoms with Crippen molar-refractivity contribution in [2.75, 3.05) is 26.2 Å². The lowest BCUT2D eigenvalue weighted by molar-refractivity contribution is 0.163. The quantitative estimate of drug-likeness (QED) is 0.898. The molecular weight excluding hydrogens is 253 g/mol. The van der Waals surface area contributed by atoms with Crippen LogP contribution in [-0.2, 0) is 0 Å². The number of piperazine rings is 1. The van der Waals surface area contributed by atoms with Crippen molar-refractivity contribution >= 4 is 0 Å². The van der Waals surface area contributed by atoms with Gasteiger partial charge in [-0.2, -0.15) is 5.26 Å². The summed E-state index contributed by atoms with van der Waals surface area (Å²) in [6.07, 6.45) is 3.36. The molecule has 0 spiro atoms. The van der Waals surface area contributed by atoms with E-state index in [9.17, 15) is 4.39 Å². The van der Waals surface area contributed by atoms with E-state index in [4.69, 9.17) is 5.26 Å². The van der Waals surface area contributed by atoms with Gasteiger partial charge >= 0.3 is 0 Å². The molecule has 1 aromatic rings. The smallest absolute Gasteiger partial charge is 0.140 e. The van der Waals surface area contributed by atoms with Crippen molar-refractivity contribution in [2.24, 2.45) is 0 Å². The minimum absolute atomic E-state index is 0.152. The molecule has 2 rings (SSSR count). The van der Waals surface area contributed by atoms with E-state index in [1.54, 1.807) is 6.07 Å². The number of hydrogen-bond donors (Lipinski definition) is 1. The summed E-state index contributed by atoms with van der Waals surface area (Å²) in [5.41, 5.74) is 1.22. The van der Waals surface area contributed by atoms with E-state index < -0.39 is 5.82 Å². The molecule has 0 unspecified atom stereocenters. The van der Waals surface area contributed by atoms with Gasteiger partial charge in [0, 0.05) is 32.2 Å². The van der Waals surface area contributed by atoms with Gasteiger partial charge in [-0.15, -0.1) is 0 Å². The van der Waals surface area contributed by atoms with Crippen LogP contribution in [0.3, 0.4) is 0 Å². The first-order valence-corrected chi connectivity index (χ1v) is 7.40. The number of unbranched alkanes of at least 4 members (excludes halogenated alkanes) is 1. The maximum absolute atomic E-state index is 13.5. The molecule has 3 nitrogen and oxygen atoms in total. The lowest BCUT2D eigenvalue weighted by Crippen LogP contribution is -2.45. The molecule has 108 valence electrons. The molecule has 0 saturated carbocycles. The summed E-state index contributed by atoms with van der Waals surface area (Å²) in [5, 5.41) is 12.4. The summed E-state index contributed by atoms with van der Waals surface area (Å²) in [5.74, 6) is -0.425. The Morgan fingerprint density at radius 1 is 1.40 bits per heavy atom. The second-order valence-electron chi connectivity index (χ2n) is 5.30. The fourth-order valence-corrected chi connectivity index (χ4v) is 2.79. The Morgan fingerprint density at radius 3 is 2.80 bits per heavy atom. The van der Waals surface area contributed by atoms with Crippen molar-refractivity contribution in [3.8, 4) is 6.07 Å². The molecule has 0 bridgehead atoms. The Bertz CT molecular complexity index is 475. The lowest BCUT2D eigenvalue weighted by Gasteiger charge is -2.35. The second kappa shape index (κ2) is 7.37. The highest BCUT2D eigenvalue weighted by atomic mass is 19.1.